The van der Waals surface area contributed by atoms with Crippen molar-refractivity contribution in [2.45, 2.75) is 13.1 Å². The Balaban J connectivity index is 0.00000288. The first-order valence-electron chi connectivity index (χ1n) is 7.00. The average Bonchev–Trinajstić information content (AvgIpc) is 2.58. The number of benzene rings is 1. The normalized spacial score (nSPS) is 10.8. The number of pyridine rings is 1. The number of aromatic nitrogens is 1. The van der Waals surface area contributed by atoms with Gasteiger partial charge in [0.05, 0.1) is 19.3 Å². The monoisotopic (exact) mass is 448 g/mol. The number of nitrogens with one attached hydrogen (secondary N) is 2. The van der Waals surface area contributed by atoms with Crippen LogP contribution in [0.5, 0.6) is 5.88 Å². The molecule has 2 rings (SSSR count). The van der Waals surface area contributed by atoms with Crippen molar-refractivity contribution in [3.63, 3.8) is 0 Å². The molecule has 0 spiro atoms. The van der Waals surface area contributed by atoms with Crippen molar-refractivity contribution in [2.75, 3.05) is 14.2 Å². The first-order valence-corrected chi connectivity index (χ1v) is 7.00. The lowest BCUT2D eigenvalue weighted by Gasteiger charge is -2.12. The second-order valence-corrected chi connectivity index (χ2v) is 4.69. The van der Waals surface area contributed by atoms with Crippen LogP contribution in [0.4, 0.5) is 8.78 Å². The van der Waals surface area contributed by atoms with Gasteiger partial charge >= 0.3 is 0 Å². The van der Waals surface area contributed by atoms with Gasteiger partial charge in [0.1, 0.15) is 11.6 Å². The number of methoxy groups -OCH3 is 1. The van der Waals surface area contributed by atoms with E-state index in [4.69, 9.17) is 4.74 Å². The van der Waals surface area contributed by atoms with Crippen molar-refractivity contribution >= 4 is 29.9 Å². The summed E-state index contributed by atoms with van der Waals surface area (Å²) in [6, 6.07) is 8.77. The van der Waals surface area contributed by atoms with Crippen LogP contribution in [0.2, 0.25) is 0 Å². The van der Waals surface area contributed by atoms with Gasteiger partial charge in [0, 0.05) is 25.2 Å². The van der Waals surface area contributed by atoms with Crippen molar-refractivity contribution in [1.82, 2.24) is 15.6 Å². The molecule has 0 radical (unpaired) electrons. The van der Waals surface area contributed by atoms with Crippen molar-refractivity contribution in [3.05, 3.63) is 59.3 Å². The minimum absolute atomic E-state index is 0. The third-order valence-electron chi connectivity index (χ3n) is 3.10. The van der Waals surface area contributed by atoms with Crippen molar-refractivity contribution in [2.24, 2.45) is 4.99 Å². The predicted octanol–water partition coefficient (Wildman–Crippen LogP) is 2.85. The average molecular weight is 448 g/mol. The quantitative estimate of drug-likeness (QED) is 0.420. The summed E-state index contributed by atoms with van der Waals surface area (Å²) in [4.78, 5) is 8.30. The standard InChI is InChI=1S/C16H18F2N4O.HI/c1-19-16(20-9-11-8-12(17)6-7-14(11)18)21-10-13-4-3-5-15(22-13)23-2;/h3-8H,9-10H2,1-2H3,(H2,19,20,21);1H. The van der Waals surface area contributed by atoms with Gasteiger partial charge in [0.25, 0.3) is 0 Å². The Morgan fingerprint density at radius 3 is 2.62 bits per heavy atom. The van der Waals surface area contributed by atoms with E-state index in [1.807, 2.05) is 12.1 Å². The number of nitrogens with zero attached hydrogens (tertiary/aromatic N) is 2. The van der Waals surface area contributed by atoms with E-state index in [9.17, 15) is 8.78 Å². The number of rotatable bonds is 5. The van der Waals surface area contributed by atoms with E-state index in [1.165, 1.54) is 0 Å². The Morgan fingerprint density at radius 2 is 1.92 bits per heavy atom. The van der Waals surface area contributed by atoms with E-state index in [-0.39, 0.29) is 36.1 Å². The highest BCUT2D eigenvalue weighted by atomic mass is 127. The predicted molar refractivity (Wildman–Crippen MR) is 99.6 cm³/mol. The van der Waals surface area contributed by atoms with Gasteiger partial charge in [0.15, 0.2) is 5.96 Å². The molecule has 5 nitrogen and oxygen atoms in total. The molecule has 1 aromatic carbocycles. The molecule has 0 atom stereocenters. The third kappa shape index (κ3) is 5.91. The van der Waals surface area contributed by atoms with E-state index in [0.717, 1.165) is 23.9 Å². The minimum atomic E-state index is -0.480. The molecule has 0 bridgehead atoms. The molecule has 1 heterocycles. The van der Waals surface area contributed by atoms with Gasteiger partial charge in [-0.2, -0.15) is 0 Å². The van der Waals surface area contributed by atoms with Crippen LogP contribution in [0.3, 0.4) is 0 Å². The Morgan fingerprint density at radius 1 is 1.17 bits per heavy atom. The molecule has 24 heavy (non-hydrogen) atoms. The summed E-state index contributed by atoms with van der Waals surface area (Å²) in [7, 11) is 3.14. The minimum Gasteiger partial charge on any atom is -0.481 e. The van der Waals surface area contributed by atoms with Gasteiger partial charge in [-0.15, -0.1) is 24.0 Å². The summed E-state index contributed by atoms with van der Waals surface area (Å²) < 4.78 is 31.8. The molecular weight excluding hydrogens is 429 g/mol. The molecule has 0 fully saturated rings. The Bertz CT molecular complexity index is 698. The van der Waals surface area contributed by atoms with Crippen LogP contribution < -0.4 is 15.4 Å². The van der Waals surface area contributed by atoms with Crippen LogP contribution in [0.1, 0.15) is 11.3 Å². The molecule has 0 aliphatic carbocycles. The lowest BCUT2D eigenvalue weighted by molar-refractivity contribution is 0.396. The summed E-state index contributed by atoms with van der Waals surface area (Å²) >= 11 is 0. The Hall–Kier alpha value is -1.97. The van der Waals surface area contributed by atoms with Crippen LogP contribution in [-0.4, -0.2) is 25.1 Å². The van der Waals surface area contributed by atoms with Crippen LogP contribution in [0, 0.1) is 11.6 Å². The highest BCUT2D eigenvalue weighted by molar-refractivity contribution is 14.0. The first-order chi connectivity index (χ1) is 11.1. The van der Waals surface area contributed by atoms with Crippen molar-refractivity contribution < 1.29 is 13.5 Å². The van der Waals surface area contributed by atoms with Gasteiger partial charge in [-0.25, -0.2) is 13.8 Å². The number of ether oxygens (including phenoxy) is 1. The number of halogens is 3. The summed E-state index contributed by atoms with van der Waals surface area (Å²) in [5, 5.41) is 5.97. The molecule has 0 saturated heterocycles. The summed E-state index contributed by atoms with van der Waals surface area (Å²) in [6.45, 7) is 0.539. The fourth-order valence-electron chi connectivity index (χ4n) is 1.92. The number of aliphatic imine (C=N–C) groups is 1. The van der Waals surface area contributed by atoms with Gasteiger partial charge in [0.2, 0.25) is 5.88 Å². The third-order valence-corrected chi connectivity index (χ3v) is 3.10. The zero-order chi connectivity index (χ0) is 16.7. The Kier molecular flexibility index (Phi) is 8.37. The second kappa shape index (κ2) is 10.0. The molecule has 1 aromatic heterocycles. The summed E-state index contributed by atoms with van der Waals surface area (Å²) in [5.74, 6) is 0.0305. The smallest absolute Gasteiger partial charge is 0.213 e. The Labute approximate surface area is 156 Å². The van der Waals surface area contributed by atoms with Crippen LogP contribution in [0.15, 0.2) is 41.4 Å². The topological polar surface area (TPSA) is 58.5 Å². The largest absolute Gasteiger partial charge is 0.481 e. The van der Waals surface area contributed by atoms with Crippen molar-refractivity contribution in [3.8, 4) is 5.88 Å². The molecule has 0 unspecified atom stereocenters. The maximum absolute atomic E-state index is 13.6. The van der Waals surface area contributed by atoms with Crippen LogP contribution in [-0.2, 0) is 13.1 Å². The molecule has 0 saturated carbocycles. The van der Waals surface area contributed by atoms with Gasteiger partial charge < -0.3 is 15.4 Å². The van der Waals surface area contributed by atoms with E-state index < -0.39 is 11.6 Å². The second-order valence-electron chi connectivity index (χ2n) is 4.69. The summed E-state index contributed by atoms with van der Waals surface area (Å²) in [5.41, 5.74) is 0.997. The first kappa shape index (κ1) is 20.1. The molecule has 0 amide bonds. The van der Waals surface area contributed by atoms with E-state index in [1.54, 1.807) is 20.2 Å². The molecule has 0 aliphatic heterocycles. The molecule has 130 valence electrons. The van der Waals surface area contributed by atoms with Gasteiger partial charge in [-0.3, -0.25) is 4.99 Å². The van der Waals surface area contributed by atoms with Crippen molar-refractivity contribution in [1.29, 1.82) is 0 Å². The number of hydrogen-bond acceptors (Lipinski definition) is 3. The van der Waals surface area contributed by atoms with Crippen LogP contribution >= 0.6 is 24.0 Å². The lowest BCUT2D eigenvalue weighted by Crippen LogP contribution is -2.36. The fourth-order valence-corrected chi connectivity index (χ4v) is 1.92. The van der Waals surface area contributed by atoms with E-state index >= 15 is 0 Å². The molecule has 0 aliphatic rings. The zero-order valence-corrected chi connectivity index (χ0v) is 15.7. The molecule has 2 aromatic rings. The van der Waals surface area contributed by atoms with Gasteiger partial charge in [-0.05, 0) is 24.3 Å². The van der Waals surface area contributed by atoms with Gasteiger partial charge in [-0.1, -0.05) is 6.07 Å². The molecular formula is C16H19F2IN4O. The number of guanidine groups is 1. The molecule has 2 N–H and O–H groups in total. The summed E-state index contributed by atoms with van der Waals surface area (Å²) in [6.07, 6.45) is 0. The lowest BCUT2D eigenvalue weighted by atomic mass is 10.2. The fraction of sp³-hybridized carbons (Fsp3) is 0.250. The van der Waals surface area contributed by atoms with E-state index in [0.29, 0.717) is 18.4 Å². The zero-order valence-electron chi connectivity index (χ0n) is 13.3. The van der Waals surface area contributed by atoms with E-state index in [2.05, 4.69) is 20.6 Å². The number of hydrogen-bond donors (Lipinski definition) is 2. The highest BCUT2D eigenvalue weighted by Gasteiger charge is 2.06. The SMILES string of the molecule is CN=C(NCc1cccc(OC)n1)NCc1cc(F)ccc1F.I. The highest BCUT2D eigenvalue weighted by Crippen LogP contribution is 2.09. The molecule has 8 heteroatoms. The maximum atomic E-state index is 13.6. The van der Waals surface area contributed by atoms with Crippen LogP contribution in [0.25, 0.3) is 0 Å². The maximum Gasteiger partial charge on any atom is 0.213 e.